The maximum absolute atomic E-state index is 12.8. The van der Waals surface area contributed by atoms with Crippen LogP contribution in [0.5, 0.6) is 0 Å². The molecule has 1 aliphatic rings. The number of hydrogen-bond acceptors (Lipinski definition) is 4. The van der Waals surface area contributed by atoms with Crippen LogP contribution in [0.1, 0.15) is 77.7 Å². The molecule has 2 amide bonds. The smallest absolute Gasteiger partial charge is 0.287 e. The second kappa shape index (κ2) is 7.58. The summed E-state index contributed by atoms with van der Waals surface area (Å²) in [5.74, 6) is -0.381. The Bertz CT molecular complexity index is 920. The van der Waals surface area contributed by atoms with Crippen LogP contribution in [0.15, 0.2) is 24.3 Å². The van der Waals surface area contributed by atoms with Gasteiger partial charge in [-0.15, -0.1) is 0 Å². The van der Waals surface area contributed by atoms with E-state index in [2.05, 4.69) is 15.6 Å². The normalized spacial score (nSPS) is 13.6. The summed E-state index contributed by atoms with van der Waals surface area (Å²) in [6.07, 6.45) is 2.62. The zero-order valence-electron chi connectivity index (χ0n) is 16.8. The zero-order chi connectivity index (χ0) is 20.5. The van der Waals surface area contributed by atoms with E-state index in [9.17, 15) is 14.4 Å². The predicted octanol–water partition coefficient (Wildman–Crippen LogP) is 3.20. The Morgan fingerprint density at radius 2 is 1.71 bits per heavy atom. The molecule has 1 aromatic heterocycles. The van der Waals surface area contributed by atoms with Gasteiger partial charge < -0.3 is 15.2 Å². The van der Waals surface area contributed by atoms with E-state index in [1.165, 1.54) is 6.92 Å². The lowest BCUT2D eigenvalue weighted by atomic mass is 10.1. The van der Waals surface area contributed by atoms with E-state index in [1.54, 1.807) is 24.3 Å². The van der Waals surface area contributed by atoms with Gasteiger partial charge in [-0.1, -0.05) is 0 Å². The summed E-state index contributed by atoms with van der Waals surface area (Å²) in [5, 5.41) is 5.74. The molecule has 0 fully saturated rings. The third kappa shape index (κ3) is 4.30. The molecule has 0 unspecified atom stereocenters. The molecular formula is C21H26N4O3. The molecule has 0 radical (unpaired) electrons. The van der Waals surface area contributed by atoms with Crippen molar-refractivity contribution in [3.8, 4) is 0 Å². The fourth-order valence-electron chi connectivity index (χ4n) is 3.27. The second-order valence-electron chi connectivity index (χ2n) is 8.13. The average molecular weight is 382 g/mol. The third-order valence-electron chi connectivity index (χ3n) is 4.57. The van der Waals surface area contributed by atoms with E-state index in [1.807, 2.05) is 25.3 Å². The van der Waals surface area contributed by atoms with Crippen molar-refractivity contribution in [2.45, 2.75) is 59.0 Å². The number of nitrogens with zero attached hydrogens (tertiary/aromatic N) is 2. The van der Waals surface area contributed by atoms with Gasteiger partial charge in [-0.05, 0) is 71.2 Å². The molecule has 0 saturated carbocycles. The van der Waals surface area contributed by atoms with Crippen molar-refractivity contribution in [2.24, 2.45) is 0 Å². The number of carbonyl (C=O) groups excluding carboxylic acids is 3. The maximum atomic E-state index is 12.8. The van der Waals surface area contributed by atoms with Crippen molar-refractivity contribution in [1.82, 2.24) is 14.9 Å². The van der Waals surface area contributed by atoms with E-state index in [0.717, 1.165) is 18.5 Å². The molecule has 0 bridgehead atoms. The van der Waals surface area contributed by atoms with Gasteiger partial charge in [-0.3, -0.25) is 14.4 Å². The number of rotatable bonds is 4. The lowest BCUT2D eigenvalue weighted by Crippen LogP contribution is -2.42. The summed E-state index contributed by atoms with van der Waals surface area (Å²) in [4.78, 5) is 41.3. The van der Waals surface area contributed by atoms with Crippen molar-refractivity contribution in [3.05, 3.63) is 47.0 Å². The van der Waals surface area contributed by atoms with Crippen LogP contribution in [0.25, 0.3) is 0 Å². The van der Waals surface area contributed by atoms with Crippen molar-refractivity contribution in [3.63, 3.8) is 0 Å². The SMILES string of the molecule is CC(=O)c1ccc(NC(=O)c2nc(C(=O)NC(C)(C)C)n3c2CCCC3)cc1. The molecule has 0 saturated heterocycles. The first-order valence-corrected chi connectivity index (χ1v) is 9.50. The lowest BCUT2D eigenvalue weighted by Gasteiger charge is -2.22. The molecular weight excluding hydrogens is 356 g/mol. The minimum Gasteiger partial charge on any atom is -0.345 e. The van der Waals surface area contributed by atoms with Gasteiger partial charge in [0.2, 0.25) is 0 Å². The number of benzene rings is 1. The van der Waals surface area contributed by atoms with Crippen LogP contribution in [-0.2, 0) is 13.0 Å². The monoisotopic (exact) mass is 382 g/mol. The summed E-state index contributed by atoms with van der Waals surface area (Å²) in [7, 11) is 0. The highest BCUT2D eigenvalue weighted by Gasteiger charge is 2.29. The Hall–Kier alpha value is -2.96. The fraction of sp³-hybridized carbons (Fsp3) is 0.429. The van der Waals surface area contributed by atoms with Gasteiger partial charge >= 0.3 is 0 Å². The maximum Gasteiger partial charge on any atom is 0.287 e. The molecule has 0 aliphatic carbocycles. The Morgan fingerprint density at radius 3 is 2.32 bits per heavy atom. The van der Waals surface area contributed by atoms with Crippen molar-refractivity contribution in [2.75, 3.05) is 5.32 Å². The van der Waals surface area contributed by atoms with Crippen LogP contribution in [-0.4, -0.2) is 32.7 Å². The van der Waals surface area contributed by atoms with Crippen molar-refractivity contribution >= 4 is 23.3 Å². The van der Waals surface area contributed by atoms with E-state index in [4.69, 9.17) is 0 Å². The lowest BCUT2D eigenvalue weighted by molar-refractivity contribution is 0.0902. The number of ketones is 1. The molecule has 28 heavy (non-hydrogen) atoms. The number of aromatic nitrogens is 2. The van der Waals surface area contributed by atoms with Crippen LogP contribution in [0.4, 0.5) is 5.69 Å². The van der Waals surface area contributed by atoms with Gasteiger partial charge in [0.15, 0.2) is 17.3 Å². The van der Waals surface area contributed by atoms with Crippen molar-refractivity contribution in [1.29, 1.82) is 0 Å². The highest BCUT2D eigenvalue weighted by atomic mass is 16.2. The van der Waals surface area contributed by atoms with Gasteiger partial charge in [0.1, 0.15) is 0 Å². The first-order valence-electron chi connectivity index (χ1n) is 9.50. The number of carbonyl (C=O) groups is 3. The number of imidazole rings is 1. The summed E-state index contributed by atoms with van der Waals surface area (Å²) in [5.41, 5.74) is 1.85. The third-order valence-corrected chi connectivity index (χ3v) is 4.57. The zero-order valence-corrected chi connectivity index (χ0v) is 16.8. The molecule has 0 spiro atoms. The van der Waals surface area contributed by atoms with Crippen LogP contribution in [0.2, 0.25) is 0 Å². The molecule has 7 nitrogen and oxygen atoms in total. The summed E-state index contributed by atoms with van der Waals surface area (Å²) in [6, 6.07) is 6.71. The second-order valence-corrected chi connectivity index (χ2v) is 8.13. The summed E-state index contributed by atoms with van der Waals surface area (Å²) < 4.78 is 1.86. The number of Topliss-reactive ketones (excluding diaryl/α,β-unsaturated/α-hetero) is 1. The molecule has 0 atom stereocenters. The molecule has 2 N–H and O–H groups in total. The standard InChI is InChI=1S/C21H26N4O3/c1-13(26)14-8-10-15(11-9-14)22-19(27)17-16-7-5-6-12-25(16)18(23-17)20(28)24-21(2,3)4/h8-11H,5-7,12H2,1-4H3,(H,22,27)(H,24,28). The molecule has 1 aliphatic heterocycles. The predicted molar refractivity (Wildman–Crippen MR) is 107 cm³/mol. The Balaban J connectivity index is 1.87. The topological polar surface area (TPSA) is 93.1 Å². The van der Waals surface area contributed by atoms with E-state index in [0.29, 0.717) is 24.2 Å². The minimum absolute atomic E-state index is 0.0319. The molecule has 1 aromatic carbocycles. The van der Waals surface area contributed by atoms with Gasteiger partial charge in [0.25, 0.3) is 11.8 Å². The van der Waals surface area contributed by atoms with Gasteiger partial charge in [-0.25, -0.2) is 4.98 Å². The van der Waals surface area contributed by atoms with Gasteiger partial charge in [0.05, 0.1) is 5.69 Å². The quantitative estimate of drug-likeness (QED) is 0.794. The summed E-state index contributed by atoms with van der Waals surface area (Å²) in [6.45, 7) is 7.89. The van der Waals surface area contributed by atoms with Crippen molar-refractivity contribution < 1.29 is 14.4 Å². The number of anilines is 1. The van der Waals surface area contributed by atoms with Gasteiger partial charge in [0, 0.05) is 23.3 Å². The number of amides is 2. The van der Waals surface area contributed by atoms with Crippen LogP contribution < -0.4 is 10.6 Å². The van der Waals surface area contributed by atoms with Crippen LogP contribution >= 0.6 is 0 Å². The Morgan fingerprint density at radius 1 is 1.04 bits per heavy atom. The summed E-state index contributed by atoms with van der Waals surface area (Å²) >= 11 is 0. The Kier molecular flexibility index (Phi) is 5.36. The number of hydrogen-bond donors (Lipinski definition) is 2. The van der Waals surface area contributed by atoms with E-state index >= 15 is 0 Å². The average Bonchev–Trinajstić information content (AvgIpc) is 3.01. The van der Waals surface area contributed by atoms with Crippen LogP contribution in [0, 0.1) is 0 Å². The molecule has 148 valence electrons. The van der Waals surface area contributed by atoms with E-state index < -0.39 is 0 Å². The van der Waals surface area contributed by atoms with E-state index in [-0.39, 0.29) is 34.7 Å². The Labute approximate surface area is 164 Å². The largest absolute Gasteiger partial charge is 0.345 e. The first-order chi connectivity index (χ1) is 13.2. The van der Waals surface area contributed by atoms with Crippen LogP contribution in [0.3, 0.4) is 0 Å². The highest BCUT2D eigenvalue weighted by Crippen LogP contribution is 2.23. The highest BCUT2D eigenvalue weighted by molar-refractivity contribution is 6.05. The molecule has 2 aromatic rings. The van der Waals surface area contributed by atoms with Gasteiger partial charge in [-0.2, -0.15) is 0 Å². The molecule has 2 heterocycles. The molecule has 3 rings (SSSR count). The minimum atomic E-state index is -0.390. The first kappa shape index (κ1) is 19.8. The number of nitrogens with one attached hydrogen (secondary N) is 2. The fourth-order valence-corrected chi connectivity index (χ4v) is 3.27. The number of fused-ring (bicyclic) bond motifs is 1. The molecule has 7 heteroatoms.